The molecule has 66 valence electrons. The number of hydrogen-bond acceptors (Lipinski definition) is 3. The number of hydroxylamine groups is 1. The van der Waals surface area contributed by atoms with Gasteiger partial charge in [-0.05, 0) is 31.2 Å². The van der Waals surface area contributed by atoms with Gasteiger partial charge >= 0.3 is 0 Å². The molecule has 0 aliphatic carbocycles. The lowest BCUT2D eigenvalue weighted by atomic mass is 10.3. The molecule has 0 unspecified atom stereocenters. The van der Waals surface area contributed by atoms with Crippen LogP contribution in [0.25, 0.3) is 0 Å². The van der Waals surface area contributed by atoms with Crippen LogP contribution in [0, 0.1) is 0 Å². The summed E-state index contributed by atoms with van der Waals surface area (Å²) in [7, 11) is 1.64. The Hall–Kier alpha value is -1.22. The molecule has 0 atom stereocenters. The lowest BCUT2D eigenvalue weighted by Crippen LogP contribution is -2.16. The van der Waals surface area contributed by atoms with Crippen molar-refractivity contribution in [3.63, 3.8) is 0 Å². The molecule has 1 aromatic rings. The Morgan fingerprint density at radius 2 is 1.75 bits per heavy atom. The zero-order valence-electron chi connectivity index (χ0n) is 7.33. The molecule has 0 radical (unpaired) electrons. The minimum absolute atomic E-state index is 0.784. The SMILES string of the molecule is CCNOc1ccc(OC)cc1. The summed E-state index contributed by atoms with van der Waals surface area (Å²) in [6.45, 7) is 2.76. The van der Waals surface area contributed by atoms with Crippen LogP contribution >= 0.6 is 0 Å². The molecule has 0 bridgehead atoms. The average Bonchev–Trinajstić information content (AvgIpc) is 2.15. The normalized spacial score (nSPS) is 9.50. The molecule has 0 aliphatic rings. The highest BCUT2D eigenvalue weighted by Gasteiger charge is 1.92. The molecule has 0 aromatic heterocycles. The van der Waals surface area contributed by atoms with E-state index in [0.717, 1.165) is 18.0 Å². The van der Waals surface area contributed by atoms with Gasteiger partial charge in [0.25, 0.3) is 0 Å². The summed E-state index contributed by atoms with van der Waals surface area (Å²) in [6.07, 6.45) is 0. The van der Waals surface area contributed by atoms with Crippen molar-refractivity contribution >= 4 is 0 Å². The van der Waals surface area contributed by atoms with Gasteiger partial charge in [-0.15, -0.1) is 0 Å². The third-order valence-corrected chi connectivity index (χ3v) is 1.39. The average molecular weight is 167 g/mol. The monoisotopic (exact) mass is 167 g/mol. The van der Waals surface area contributed by atoms with Crippen molar-refractivity contribution in [1.82, 2.24) is 5.48 Å². The lowest BCUT2D eigenvalue weighted by molar-refractivity contribution is 0.202. The fourth-order valence-corrected chi connectivity index (χ4v) is 0.799. The first-order valence-electron chi connectivity index (χ1n) is 3.90. The molecule has 1 N–H and O–H groups in total. The van der Waals surface area contributed by atoms with E-state index in [2.05, 4.69) is 5.48 Å². The Labute approximate surface area is 72.3 Å². The van der Waals surface area contributed by atoms with Crippen LogP contribution in [0.4, 0.5) is 0 Å². The van der Waals surface area contributed by atoms with Gasteiger partial charge in [-0.25, -0.2) is 0 Å². The molecule has 0 fully saturated rings. The van der Waals surface area contributed by atoms with E-state index in [-0.39, 0.29) is 0 Å². The van der Waals surface area contributed by atoms with Gasteiger partial charge in [0.05, 0.1) is 7.11 Å². The second-order valence-corrected chi connectivity index (χ2v) is 2.28. The van der Waals surface area contributed by atoms with Crippen LogP contribution < -0.4 is 15.1 Å². The fourth-order valence-electron chi connectivity index (χ4n) is 0.799. The standard InChI is InChI=1S/C9H13NO2/c1-3-10-12-9-6-4-8(11-2)5-7-9/h4-7,10H,3H2,1-2H3. The van der Waals surface area contributed by atoms with Crippen LogP contribution in [0.15, 0.2) is 24.3 Å². The molecule has 0 saturated heterocycles. The molecule has 3 heteroatoms. The Balaban J connectivity index is 2.53. The van der Waals surface area contributed by atoms with Gasteiger partial charge in [0.2, 0.25) is 0 Å². The van der Waals surface area contributed by atoms with Gasteiger partial charge in [0, 0.05) is 6.54 Å². The second kappa shape index (κ2) is 4.62. The third-order valence-electron chi connectivity index (χ3n) is 1.39. The van der Waals surface area contributed by atoms with Crippen LogP contribution in [-0.4, -0.2) is 13.7 Å². The number of nitrogens with one attached hydrogen (secondary N) is 1. The maximum atomic E-state index is 5.15. The Morgan fingerprint density at radius 1 is 1.17 bits per heavy atom. The van der Waals surface area contributed by atoms with Crippen molar-refractivity contribution in [2.75, 3.05) is 13.7 Å². The Bertz CT molecular complexity index is 220. The van der Waals surface area contributed by atoms with Crippen molar-refractivity contribution in [1.29, 1.82) is 0 Å². The minimum Gasteiger partial charge on any atom is -0.497 e. The van der Waals surface area contributed by atoms with E-state index < -0.39 is 0 Å². The third kappa shape index (κ3) is 2.43. The van der Waals surface area contributed by atoms with Gasteiger partial charge in [0.15, 0.2) is 0 Å². The maximum absolute atomic E-state index is 5.15. The molecule has 1 aromatic carbocycles. The van der Waals surface area contributed by atoms with E-state index >= 15 is 0 Å². The molecule has 0 saturated carbocycles. The molecule has 12 heavy (non-hydrogen) atoms. The molecular formula is C9H13NO2. The van der Waals surface area contributed by atoms with E-state index in [0.29, 0.717) is 0 Å². The first kappa shape index (κ1) is 8.87. The van der Waals surface area contributed by atoms with Crippen LogP contribution in [0.5, 0.6) is 11.5 Å². The highest BCUT2D eigenvalue weighted by atomic mass is 16.6. The molecule has 0 heterocycles. The van der Waals surface area contributed by atoms with E-state index in [1.165, 1.54) is 0 Å². The highest BCUT2D eigenvalue weighted by Crippen LogP contribution is 2.15. The molecule has 3 nitrogen and oxygen atoms in total. The largest absolute Gasteiger partial charge is 0.497 e. The first-order valence-corrected chi connectivity index (χ1v) is 3.90. The number of ether oxygens (including phenoxy) is 1. The second-order valence-electron chi connectivity index (χ2n) is 2.28. The van der Waals surface area contributed by atoms with Gasteiger partial charge in [-0.2, -0.15) is 5.48 Å². The Morgan fingerprint density at radius 3 is 2.25 bits per heavy atom. The summed E-state index contributed by atoms with van der Waals surface area (Å²) < 4.78 is 5.00. The van der Waals surface area contributed by atoms with E-state index in [9.17, 15) is 0 Å². The minimum atomic E-state index is 0.784. The lowest BCUT2D eigenvalue weighted by Gasteiger charge is -2.04. The molecule has 0 spiro atoms. The van der Waals surface area contributed by atoms with Crippen molar-refractivity contribution in [2.24, 2.45) is 0 Å². The molecule has 0 amide bonds. The molecular weight excluding hydrogens is 154 g/mol. The van der Waals surface area contributed by atoms with Crippen molar-refractivity contribution < 1.29 is 9.57 Å². The topological polar surface area (TPSA) is 30.5 Å². The predicted molar refractivity (Wildman–Crippen MR) is 47.3 cm³/mol. The molecule has 0 aliphatic heterocycles. The summed E-state index contributed by atoms with van der Waals surface area (Å²) in [6, 6.07) is 7.41. The molecule has 1 rings (SSSR count). The summed E-state index contributed by atoms with van der Waals surface area (Å²) in [5, 5.41) is 0. The van der Waals surface area contributed by atoms with E-state index in [1.807, 2.05) is 31.2 Å². The van der Waals surface area contributed by atoms with Gasteiger partial charge in [0.1, 0.15) is 11.5 Å². The highest BCUT2D eigenvalue weighted by molar-refractivity contribution is 5.30. The van der Waals surface area contributed by atoms with Crippen LogP contribution in [0.3, 0.4) is 0 Å². The summed E-state index contributed by atoms with van der Waals surface area (Å²) in [4.78, 5) is 5.15. The van der Waals surface area contributed by atoms with Crippen LogP contribution in [0.2, 0.25) is 0 Å². The van der Waals surface area contributed by atoms with E-state index in [4.69, 9.17) is 9.57 Å². The van der Waals surface area contributed by atoms with E-state index in [1.54, 1.807) is 7.11 Å². The first-order chi connectivity index (χ1) is 5.86. The van der Waals surface area contributed by atoms with Crippen molar-refractivity contribution in [3.05, 3.63) is 24.3 Å². The summed E-state index contributed by atoms with van der Waals surface area (Å²) in [5.74, 6) is 1.62. The maximum Gasteiger partial charge on any atom is 0.147 e. The number of rotatable bonds is 4. The zero-order chi connectivity index (χ0) is 8.81. The summed E-state index contributed by atoms with van der Waals surface area (Å²) >= 11 is 0. The van der Waals surface area contributed by atoms with Crippen molar-refractivity contribution in [2.45, 2.75) is 6.92 Å². The Kier molecular flexibility index (Phi) is 3.41. The van der Waals surface area contributed by atoms with Gasteiger partial charge in [-0.3, -0.25) is 0 Å². The van der Waals surface area contributed by atoms with Crippen LogP contribution in [-0.2, 0) is 0 Å². The number of methoxy groups -OCH3 is 1. The zero-order valence-corrected chi connectivity index (χ0v) is 7.33. The quantitative estimate of drug-likeness (QED) is 0.691. The number of hydrogen-bond donors (Lipinski definition) is 1. The predicted octanol–water partition coefficient (Wildman–Crippen LogP) is 1.60. The van der Waals surface area contributed by atoms with Crippen molar-refractivity contribution in [3.8, 4) is 11.5 Å². The van der Waals surface area contributed by atoms with Gasteiger partial charge in [-0.1, -0.05) is 0 Å². The summed E-state index contributed by atoms with van der Waals surface area (Å²) in [5.41, 5.74) is 2.76. The van der Waals surface area contributed by atoms with Crippen LogP contribution in [0.1, 0.15) is 6.92 Å². The fraction of sp³-hybridized carbons (Fsp3) is 0.333. The number of benzene rings is 1. The smallest absolute Gasteiger partial charge is 0.147 e. The van der Waals surface area contributed by atoms with Gasteiger partial charge < -0.3 is 9.57 Å².